The maximum atomic E-state index is 13.7. The molecule has 0 aliphatic carbocycles. The summed E-state index contributed by atoms with van der Waals surface area (Å²) in [5, 5.41) is 0. The molecule has 0 saturated heterocycles. The van der Waals surface area contributed by atoms with Crippen molar-refractivity contribution < 1.29 is 28.0 Å². The normalized spacial score (nSPS) is 18.5. The summed E-state index contributed by atoms with van der Waals surface area (Å²) in [6.07, 6.45) is 0. The lowest BCUT2D eigenvalue weighted by molar-refractivity contribution is 0.363. The molecule has 1 aromatic rings. The molecule has 10 heteroatoms. The van der Waals surface area contributed by atoms with E-state index in [1.165, 1.54) is 6.92 Å². The Labute approximate surface area is 126 Å². The molecular formula is C12H15F6NOS2. The van der Waals surface area contributed by atoms with Crippen molar-refractivity contribution in [2.24, 2.45) is 4.40 Å². The van der Waals surface area contributed by atoms with Gasteiger partial charge in [-0.15, -0.1) is 0 Å². The van der Waals surface area contributed by atoms with Crippen molar-refractivity contribution in [3.63, 3.8) is 0 Å². The molecule has 0 aliphatic rings. The standard InChI is InChI=1S/C12H15F6NOS2/c1-8(19-21(20)12(2,3)4)10-6-5-9(7-11(10)13)22(14,15,16,17)18/h5-7H,1-4H3/b19-8+/t21-/m0/s1. The third-order valence-electron chi connectivity index (χ3n) is 2.52. The van der Waals surface area contributed by atoms with Crippen LogP contribution in [0.15, 0.2) is 27.5 Å². The van der Waals surface area contributed by atoms with Crippen LogP contribution < -0.4 is 0 Å². The van der Waals surface area contributed by atoms with Gasteiger partial charge in [0.15, 0.2) is 0 Å². The monoisotopic (exact) mass is 367 g/mol. The first-order chi connectivity index (χ1) is 9.41. The molecule has 0 fully saturated rings. The van der Waals surface area contributed by atoms with Crippen LogP contribution in [0.5, 0.6) is 0 Å². The van der Waals surface area contributed by atoms with E-state index in [0.29, 0.717) is 6.07 Å². The minimum absolute atomic E-state index is 0.0962. The zero-order chi connectivity index (χ0) is 17.6. The molecule has 0 amide bonds. The Morgan fingerprint density at radius 1 is 1.14 bits per heavy atom. The summed E-state index contributed by atoms with van der Waals surface area (Å²) < 4.78 is 91.4. The lowest BCUT2D eigenvalue weighted by Gasteiger charge is -2.40. The zero-order valence-corrected chi connectivity index (χ0v) is 13.8. The summed E-state index contributed by atoms with van der Waals surface area (Å²) in [7, 11) is -11.7. The molecule has 0 bridgehead atoms. The molecule has 0 spiro atoms. The smallest absolute Gasteiger partial charge is 0.234 e. The largest absolute Gasteiger partial charge is 0.310 e. The Hall–Kier alpha value is -1.03. The highest BCUT2D eigenvalue weighted by molar-refractivity contribution is 8.45. The van der Waals surface area contributed by atoms with E-state index in [0.717, 1.165) is 0 Å². The van der Waals surface area contributed by atoms with Gasteiger partial charge in [0.25, 0.3) is 0 Å². The first-order valence-electron chi connectivity index (χ1n) is 5.93. The molecule has 1 aromatic carbocycles. The number of benzene rings is 1. The molecule has 0 N–H and O–H groups in total. The van der Waals surface area contributed by atoms with Crippen molar-refractivity contribution >= 4 is 26.9 Å². The molecule has 0 unspecified atom stereocenters. The van der Waals surface area contributed by atoms with Gasteiger partial charge in [0.1, 0.15) is 21.7 Å². The highest BCUT2D eigenvalue weighted by atomic mass is 32.5. The summed E-state index contributed by atoms with van der Waals surface area (Å²) in [6, 6.07) is 0.385. The van der Waals surface area contributed by atoms with E-state index in [1.807, 2.05) is 0 Å². The van der Waals surface area contributed by atoms with Crippen LogP contribution in [0.4, 0.5) is 23.8 Å². The lowest BCUT2D eigenvalue weighted by Crippen LogP contribution is -2.21. The van der Waals surface area contributed by atoms with Crippen molar-refractivity contribution in [1.29, 1.82) is 0 Å². The van der Waals surface area contributed by atoms with Gasteiger partial charge < -0.3 is 0 Å². The molecule has 128 valence electrons. The van der Waals surface area contributed by atoms with E-state index in [1.54, 1.807) is 20.8 Å². The molecule has 0 aromatic heterocycles. The second-order valence-electron chi connectivity index (χ2n) is 5.65. The SMILES string of the molecule is C/C(=N\[S@@](=O)C(C)(C)C)c1ccc(S(F)(F)(F)(F)F)cc1F. The van der Waals surface area contributed by atoms with Crippen LogP contribution in [0.3, 0.4) is 0 Å². The third kappa shape index (κ3) is 4.73. The van der Waals surface area contributed by atoms with Gasteiger partial charge >= 0.3 is 10.2 Å². The van der Waals surface area contributed by atoms with Crippen LogP contribution >= 0.6 is 10.2 Å². The quantitative estimate of drug-likeness (QED) is 0.494. The minimum atomic E-state index is -9.93. The van der Waals surface area contributed by atoms with Crippen molar-refractivity contribution in [3.05, 3.63) is 29.6 Å². The molecule has 0 heterocycles. The summed E-state index contributed by atoms with van der Waals surface area (Å²) in [5.41, 5.74) is -0.553. The van der Waals surface area contributed by atoms with E-state index in [2.05, 4.69) is 4.40 Å². The van der Waals surface area contributed by atoms with Gasteiger partial charge in [0.2, 0.25) is 0 Å². The van der Waals surface area contributed by atoms with Crippen LogP contribution in [0.25, 0.3) is 0 Å². The molecule has 0 aliphatic heterocycles. The molecule has 1 atom stereocenters. The second-order valence-corrected chi connectivity index (χ2v) is 9.96. The van der Waals surface area contributed by atoms with Gasteiger partial charge in [-0.1, -0.05) is 19.4 Å². The fraction of sp³-hybridized carbons (Fsp3) is 0.417. The fourth-order valence-corrected chi connectivity index (χ4v) is 2.61. The molecule has 0 saturated carbocycles. The molecule has 22 heavy (non-hydrogen) atoms. The lowest BCUT2D eigenvalue weighted by atomic mass is 10.1. The van der Waals surface area contributed by atoms with Crippen molar-refractivity contribution in [2.75, 3.05) is 0 Å². The van der Waals surface area contributed by atoms with Gasteiger partial charge in [-0.05, 0) is 45.9 Å². The number of nitrogens with zero attached hydrogens (tertiary/aromatic N) is 1. The molecule has 0 radical (unpaired) electrons. The Morgan fingerprint density at radius 2 is 1.64 bits per heavy atom. The molecule has 1 rings (SSSR count). The number of rotatable bonds is 3. The number of hydrogen-bond acceptors (Lipinski definition) is 1. The topological polar surface area (TPSA) is 29.4 Å². The number of halogens is 6. The Morgan fingerprint density at radius 3 is 2.00 bits per heavy atom. The summed E-state index contributed by atoms with van der Waals surface area (Å²) in [4.78, 5) is -2.31. The number of hydrogen-bond donors (Lipinski definition) is 0. The predicted molar refractivity (Wildman–Crippen MR) is 77.9 cm³/mol. The molecular weight excluding hydrogens is 352 g/mol. The zero-order valence-electron chi connectivity index (χ0n) is 12.2. The average molecular weight is 367 g/mol. The minimum Gasteiger partial charge on any atom is -0.234 e. The summed E-state index contributed by atoms with van der Waals surface area (Å²) >= 11 is 0. The Balaban J connectivity index is 3.33. The first kappa shape index (κ1) is 19.0. The van der Waals surface area contributed by atoms with E-state index >= 15 is 0 Å². The van der Waals surface area contributed by atoms with Gasteiger partial charge in [-0.2, -0.15) is 4.40 Å². The predicted octanol–water partition coefficient (Wildman–Crippen LogP) is 5.75. The van der Waals surface area contributed by atoms with Crippen LogP contribution in [-0.2, 0) is 11.0 Å². The van der Waals surface area contributed by atoms with Crippen LogP contribution in [0.2, 0.25) is 0 Å². The maximum absolute atomic E-state index is 13.7. The van der Waals surface area contributed by atoms with Crippen molar-refractivity contribution in [2.45, 2.75) is 37.3 Å². The highest BCUT2D eigenvalue weighted by Gasteiger charge is 2.65. The fourth-order valence-electron chi connectivity index (χ4n) is 1.34. The van der Waals surface area contributed by atoms with E-state index in [9.17, 15) is 28.0 Å². The van der Waals surface area contributed by atoms with Crippen LogP contribution in [0, 0.1) is 5.82 Å². The van der Waals surface area contributed by atoms with E-state index < -0.39 is 42.2 Å². The van der Waals surface area contributed by atoms with Gasteiger partial charge in [-0.3, -0.25) is 0 Å². The van der Waals surface area contributed by atoms with Crippen LogP contribution in [-0.4, -0.2) is 14.7 Å². The average Bonchev–Trinajstić information content (AvgIpc) is 2.23. The van der Waals surface area contributed by atoms with Crippen molar-refractivity contribution in [3.8, 4) is 0 Å². The Kier molecular flexibility index (Phi) is 4.09. The summed E-state index contributed by atoms with van der Waals surface area (Å²) in [6.45, 7) is 6.05. The van der Waals surface area contributed by atoms with Gasteiger partial charge in [0.05, 0.1) is 10.5 Å². The first-order valence-corrected chi connectivity index (χ1v) is 8.99. The van der Waals surface area contributed by atoms with Crippen molar-refractivity contribution in [1.82, 2.24) is 0 Å². The van der Waals surface area contributed by atoms with Gasteiger partial charge in [0, 0.05) is 5.56 Å². The summed E-state index contributed by atoms with van der Waals surface area (Å²) in [5.74, 6) is -1.50. The second kappa shape index (κ2) is 4.73. The highest BCUT2D eigenvalue weighted by Crippen LogP contribution is 3.02. The van der Waals surface area contributed by atoms with Gasteiger partial charge in [-0.25, -0.2) is 8.60 Å². The third-order valence-corrected chi connectivity index (χ3v) is 5.15. The maximum Gasteiger partial charge on any atom is 0.310 e. The van der Waals surface area contributed by atoms with E-state index in [-0.39, 0.29) is 17.8 Å². The van der Waals surface area contributed by atoms with Crippen LogP contribution in [0.1, 0.15) is 33.3 Å². The van der Waals surface area contributed by atoms with E-state index in [4.69, 9.17) is 0 Å². The Bertz CT molecular complexity index is 661. The molecule has 2 nitrogen and oxygen atoms in total.